The third-order valence-electron chi connectivity index (χ3n) is 4.63. The van der Waals surface area contributed by atoms with E-state index in [-0.39, 0.29) is 11.8 Å². The van der Waals surface area contributed by atoms with Gasteiger partial charge in [0.15, 0.2) is 0 Å². The van der Waals surface area contributed by atoms with Crippen molar-refractivity contribution in [1.82, 2.24) is 4.90 Å². The lowest BCUT2D eigenvalue weighted by molar-refractivity contribution is -0.150. The van der Waals surface area contributed by atoms with Gasteiger partial charge in [0, 0.05) is 13.0 Å². The second kappa shape index (κ2) is 6.74. The van der Waals surface area contributed by atoms with Gasteiger partial charge in [-0.2, -0.15) is 0 Å². The van der Waals surface area contributed by atoms with Crippen LogP contribution in [0.4, 0.5) is 0 Å². The molecule has 1 unspecified atom stereocenters. The molecule has 1 aromatic rings. The van der Waals surface area contributed by atoms with Crippen molar-refractivity contribution in [1.29, 1.82) is 0 Å². The molecule has 1 fully saturated rings. The molecule has 1 aliphatic rings. The summed E-state index contributed by atoms with van der Waals surface area (Å²) < 4.78 is 0. The maximum absolute atomic E-state index is 12.3. The Balaban J connectivity index is 1.92. The number of hydrogen-bond acceptors (Lipinski definition) is 2. The third-order valence-corrected chi connectivity index (χ3v) is 4.63. The van der Waals surface area contributed by atoms with Gasteiger partial charge in [-0.1, -0.05) is 30.3 Å². The average molecular weight is 289 g/mol. The fourth-order valence-corrected chi connectivity index (χ4v) is 3.04. The SMILES string of the molecule is CC(C(=O)O)N(C)C(=O)C1CCC(c2ccccc2)CC1. The van der Waals surface area contributed by atoms with Crippen molar-refractivity contribution in [2.75, 3.05) is 7.05 Å². The van der Waals surface area contributed by atoms with Gasteiger partial charge in [-0.25, -0.2) is 4.79 Å². The highest BCUT2D eigenvalue weighted by Crippen LogP contribution is 2.36. The molecule has 2 rings (SSSR count). The Bertz CT molecular complexity index is 492. The molecule has 0 aliphatic heterocycles. The van der Waals surface area contributed by atoms with Crippen molar-refractivity contribution >= 4 is 11.9 Å². The van der Waals surface area contributed by atoms with Crippen LogP contribution in [0.5, 0.6) is 0 Å². The number of carboxylic acids is 1. The van der Waals surface area contributed by atoms with Gasteiger partial charge in [-0.05, 0) is 44.1 Å². The number of carbonyl (C=O) groups is 2. The standard InChI is InChI=1S/C17H23NO3/c1-12(17(20)21)18(2)16(19)15-10-8-14(9-11-15)13-6-4-3-5-7-13/h3-7,12,14-15H,8-11H2,1-2H3,(H,20,21). The summed E-state index contributed by atoms with van der Waals surface area (Å²) in [7, 11) is 1.59. The molecule has 1 aromatic carbocycles. The Labute approximate surface area is 125 Å². The number of carbonyl (C=O) groups excluding carboxylic acids is 1. The molecular weight excluding hydrogens is 266 g/mol. The number of likely N-dealkylation sites (N-methyl/N-ethyl adjacent to an activating group) is 1. The second-order valence-corrected chi connectivity index (χ2v) is 5.92. The van der Waals surface area contributed by atoms with Gasteiger partial charge in [0.1, 0.15) is 6.04 Å². The molecule has 1 N–H and O–H groups in total. The Hall–Kier alpha value is -1.84. The van der Waals surface area contributed by atoms with E-state index >= 15 is 0 Å². The first kappa shape index (κ1) is 15.5. The first-order valence-electron chi connectivity index (χ1n) is 7.55. The van der Waals surface area contributed by atoms with E-state index in [9.17, 15) is 9.59 Å². The summed E-state index contributed by atoms with van der Waals surface area (Å²) in [6.45, 7) is 1.55. The van der Waals surface area contributed by atoms with Crippen molar-refractivity contribution in [3.05, 3.63) is 35.9 Å². The Morgan fingerprint density at radius 2 is 1.71 bits per heavy atom. The maximum atomic E-state index is 12.3. The zero-order valence-corrected chi connectivity index (χ0v) is 12.7. The van der Waals surface area contributed by atoms with E-state index in [4.69, 9.17) is 5.11 Å². The first-order chi connectivity index (χ1) is 10.0. The highest BCUT2D eigenvalue weighted by Gasteiger charge is 2.31. The van der Waals surface area contributed by atoms with Crippen LogP contribution in [0.1, 0.15) is 44.1 Å². The quantitative estimate of drug-likeness (QED) is 0.927. The number of nitrogens with zero attached hydrogens (tertiary/aromatic N) is 1. The lowest BCUT2D eigenvalue weighted by atomic mass is 9.78. The van der Waals surface area contributed by atoms with Crippen LogP contribution in [0.25, 0.3) is 0 Å². The second-order valence-electron chi connectivity index (χ2n) is 5.92. The normalized spacial score (nSPS) is 23.3. The van der Waals surface area contributed by atoms with Gasteiger partial charge in [-0.15, -0.1) is 0 Å². The van der Waals surface area contributed by atoms with Crippen LogP contribution in [0.3, 0.4) is 0 Å². The minimum atomic E-state index is -0.955. The minimum Gasteiger partial charge on any atom is -0.480 e. The molecule has 0 aromatic heterocycles. The van der Waals surface area contributed by atoms with Crippen LogP contribution in [0, 0.1) is 5.92 Å². The van der Waals surface area contributed by atoms with Gasteiger partial charge in [-0.3, -0.25) is 4.79 Å². The smallest absolute Gasteiger partial charge is 0.326 e. The maximum Gasteiger partial charge on any atom is 0.326 e. The molecule has 0 bridgehead atoms. The summed E-state index contributed by atoms with van der Waals surface area (Å²) in [5.74, 6) is -0.491. The van der Waals surface area contributed by atoms with Gasteiger partial charge >= 0.3 is 5.97 Å². The minimum absolute atomic E-state index is 0.0308. The molecule has 1 saturated carbocycles. The van der Waals surface area contributed by atoms with Crippen molar-refractivity contribution < 1.29 is 14.7 Å². The van der Waals surface area contributed by atoms with E-state index in [1.165, 1.54) is 10.5 Å². The molecule has 114 valence electrons. The summed E-state index contributed by atoms with van der Waals surface area (Å²) >= 11 is 0. The molecular formula is C17H23NO3. The number of amides is 1. The number of carboxylic acid groups (broad SMARTS) is 1. The summed E-state index contributed by atoms with van der Waals surface area (Å²) in [5, 5.41) is 9.00. The molecule has 0 radical (unpaired) electrons. The van der Waals surface area contributed by atoms with Crippen molar-refractivity contribution in [3.63, 3.8) is 0 Å². The number of aliphatic carboxylic acids is 1. The summed E-state index contributed by atoms with van der Waals surface area (Å²) in [6, 6.07) is 9.64. The Morgan fingerprint density at radius 1 is 1.14 bits per heavy atom. The molecule has 4 nitrogen and oxygen atoms in total. The van der Waals surface area contributed by atoms with E-state index in [1.807, 2.05) is 6.07 Å². The number of benzene rings is 1. The van der Waals surface area contributed by atoms with Gasteiger partial charge in [0.25, 0.3) is 0 Å². The number of hydrogen-bond donors (Lipinski definition) is 1. The van der Waals surface area contributed by atoms with E-state index < -0.39 is 12.0 Å². The Kier molecular flexibility index (Phi) is 4.99. The lowest BCUT2D eigenvalue weighted by Crippen LogP contribution is -2.44. The average Bonchev–Trinajstić information content (AvgIpc) is 2.53. The molecule has 0 heterocycles. The summed E-state index contributed by atoms with van der Waals surface area (Å²) in [5.41, 5.74) is 1.34. The Morgan fingerprint density at radius 3 is 2.24 bits per heavy atom. The predicted molar refractivity (Wildman–Crippen MR) is 81.0 cm³/mol. The zero-order chi connectivity index (χ0) is 15.4. The third kappa shape index (κ3) is 3.63. The van der Waals surface area contributed by atoms with Crippen molar-refractivity contribution in [3.8, 4) is 0 Å². The van der Waals surface area contributed by atoms with Gasteiger partial charge in [0.05, 0.1) is 0 Å². The number of rotatable bonds is 4. The van der Waals surface area contributed by atoms with Crippen molar-refractivity contribution in [2.45, 2.75) is 44.6 Å². The highest BCUT2D eigenvalue weighted by molar-refractivity contribution is 5.84. The van der Waals surface area contributed by atoms with Crippen LogP contribution in [0.2, 0.25) is 0 Å². The van der Waals surface area contributed by atoms with Crippen LogP contribution in [-0.4, -0.2) is 35.0 Å². The van der Waals surface area contributed by atoms with Crippen LogP contribution >= 0.6 is 0 Å². The fraction of sp³-hybridized carbons (Fsp3) is 0.529. The molecule has 1 atom stereocenters. The van der Waals surface area contributed by atoms with Crippen LogP contribution in [0.15, 0.2) is 30.3 Å². The molecule has 1 amide bonds. The van der Waals surface area contributed by atoms with Gasteiger partial charge in [0.2, 0.25) is 5.91 Å². The molecule has 21 heavy (non-hydrogen) atoms. The molecule has 0 spiro atoms. The highest BCUT2D eigenvalue weighted by atomic mass is 16.4. The summed E-state index contributed by atoms with van der Waals surface area (Å²) in [6.07, 6.45) is 3.68. The zero-order valence-electron chi connectivity index (χ0n) is 12.7. The molecule has 4 heteroatoms. The predicted octanol–water partition coefficient (Wildman–Crippen LogP) is 2.89. The molecule has 0 saturated heterocycles. The van der Waals surface area contributed by atoms with Crippen molar-refractivity contribution in [2.24, 2.45) is 5.92 Å². The topological polar surface area (TPSA) is 57.6 Å². The van der Waals surface area contributed by atoms with Gasteiger partial charge < -0.3 is 10.0 Å². The monoisotopic (exact) mass is 289 g/mol. The summed E-state index contributed by atoms with van der Waals surface area (Å²) in [4.78, 5) is 24.7. The fourth-order valence-electron chi connectivity index (χ4n) is 3.04. The lowest BCUT2D eigenvalue weighted by Gasteiger charge is -2.32. The van der Waals surface area contributed by atoms with Crippen LogP contribution < -0.4 is 0 Å². The first-order valence-corrected chi connectivity index (χ1v) is 7.55. The molecule has 1 aliphatic carbocycles. The van der Waals surface area contributed by atoms with E-state index in [1.54, 1.807) is 14.0 Å². The van der Waals surface area contributed by atoms with E-state index in [0.717, 1.165) is 25.7 Å². The van der Waals surface area contributed by atoms with E-state index in [2.05, 4.69) is 24.3 Å². The largest absolute Gasteiger partial charge is 0.480 e. The van der Waals surface area contributed by atoms with E-state index in [0.29, 0.717) is 5.92 Å². The van der Waals surface area contributed by atoms with Crippen LogP contribution in [-0.2, 0) is 9.59 Å².